The number of aliphatic hydroxyl groups is 1. The third kappa shape index (κ3) is 3.28. The van der Waals surface area contributed by atoms with E-state index in [2.05, 4.69) is 4.98 Å². The normalized spacial score (nSPS) is 12.6. The van der Waals surface area contributed by atoms with E-state index in [4.69, 9.17) is 16.7 Å². The second-order valence-corrected chi connectivity index (χ2v) is 5.43. The van der Waals surface area contributed by atoms with Crippen LogP contribution in [0.3, 0.4) is 0 Å². The predicted molar refractivity (Wildman–Crippen MR) is 71.9 cm³/mol. The van der Waals surface area contributed by atoms with E-state index in [1.165, 1.54) is 5.56 Å². The molecule has 0 amide bonds. The van der Waals surface area contributed by atoms with E-state index in [9.17, 15) is 0 Å². The van der Waals surface area contributed by atoms with E-state index in [0.717, 1.165) is 22.1 Å². The van der Waals surface area contributed by atoms with E-state index in [-0.39, 0.29) is 12.5 Å². The molecule has 0 fully saturated rings. The Labute approximate surface area is 110 Å². The van der Waals surface area contributed by atoms with Crippen LogP contribution in [0, 0.1) is 0 Å². The number of hydrogen-bond acceptors (Lipinski definition) is 3. The van der Waals surface area contributed by atoms with Gasteiger partial charge in [-0.1, -0.05) is 30.7 Å². The van der Waals surface area contributed by atoms with E-state index in [1.807, 2.05) is 36.6 Å². The highest BCUT2D eigenvalue weighted by molar-refractivity contribution is 7.09. The van der Waals surface area contributed by atoms with Gasteiger partial charge in [-0.25, -0.2) is 4.98 Å². The van der Waals surface area contributed by atoms with Gasteiger partial charge in [0.05, 0.1) is 17.3 Å². The molecule has 1 aromatic heterocycles. The van der Waals surface area contributed by atoms with Crippen molar-refractivity contribution in [2.45, 2.75) is 19.3 Å². The molecule has 1 heterocycles. The molecule has 2 rings (SSSR count). The van der Waals surface area contributed by atoms with Crippen molar-refractivity contribution in [1.29, 1.82) is 0 Å². The van der Waals surface area contributed by atoms with Crippen LogP contribution in [0.5, 0.6) is 0 Å². The second-order valence-electron chi connectivity index (χ2n) is 4.05. The van der Waals surface area contributed by atoms with Crippen molar-refractivity contribution in [3.63, 3.8) is 0 Å². The van der Waals surface area contributed by atoms with Crippen molar-refractivity contribution in [3.05, 3.63) is 50.9 Å². The number of thiazole rings is 1. The molecule has 1 aromatic carbocycles. The Morgan fingerprint density at radius 3 is 2.71 bits per heavy atom. The van der Waals surface area contributed by atoms with Crippen molar-refractivity contribution >= 4 is 22.9 Å². The van der Waals surface area contributed by atoms with Crippen molar-refractivity contribution < 1.29 is 5.11 Å². The maximum absolute atomic E-state index is 9.07. The van der Waals surface area contributed by atoms with Gasteiger partial charge in [0.1, 0.15) is 0 Å². The number of rotatable bonds is 4. The molecule has 2 aromatic rings. The van der Waals surface area contributed by atoms with Crippen molar-refractivity contribution in [3.8, 4) is 0 Å². The van der Waals surface area contributed by atoms with Gasteiger partial charge >= 0.3 is 0 Å². The Hall–Kier alpha value is -0.900. The zero-order chi connectivity index (χ0) is 12.3. The van der Waals surface area contributed by atoms with Crippen LogP contribution in [0.2, 0.25) is 5.02 Å². The Balaban J connectivity index is 2.08. The fourth-order valence-electron chi connectivity index (χ4n) is 1.50. The topological polar surface area (TPSA) is 33.1 Å². The molecule has 90 valence electrons. The molecule has 0 aliphatic carbocycles. The van der Waals surface area contributed by atoms with Gasteiger partial charge in [0, 0.05) is 22.7 Å². The monoisotopic (exact) mass is 267 g/mol. The lowest BCUT2D eigenvalue weighted by molar-refractivity contribution is 0.271. The van der Waals surface area contributed by atoms with Crippen LogP contribution in [0.1, 0.15) is 29.1 Å². The van der Waals surface area contributed by atoms with E-state index in [0.29, 0.717) is 0 Å². The minimum atomic E-state index is 0.116. The first-order valence-corrected chi connectivity index (χ1v) is 6.74. The van der Waals surface area contributed by atoms with Gasteiger partial charge in [-0.2, -0.15) is 0 Å². The van der Waals surface area contributed by atoms with Gasteiger partial charge in [-0.3, -0.25) is 0 Å². The van der Waals surface area contributed by atoms with Crippen molar-refractivity contribution in [1.82, 2.24) is 4.98 Å². The molecule has 0 aliphatic rings. The summed E-state index contributed by atoms with van der Waals surface area (Å²) in [5.74, 6) is 0.116. The molecule has 0 radical (unpaired) electrons. The minimum absolute atomic E-state index is 0.116. The van der Waals surface area contributed by atoms with Crippen LogP contribution < -0.4 is 0 Å². The van der Waals surface area contributed by atoms with Gasteiger partial charge in [-0.05, 0) is 17.7 Å². The molecular weight excluding hydrogens is 254 g/mol. The average Bonchev–Trinajstić information content (AvgIpc) is 2.80. The SMILES string of the molecule is CC(CO)c1csc(Cc2ccc(Cl)cc2)n1. The van der Waals surface area contributed by atoms with E-state index in [1.54, 1.807) is 11.3 Å². The lowest BCUT2D eigenvalue weighted by atomic mass is 10.1. The first-order chi connectivity index (χ1) is 8.19. The van der Waals surface area contributed by atoms with Crippen LogP contribution in [-0.2, 0) is 6.42 Å². The number of aromatic nitrogens is 1. The summed E-state index contributed by atoms with van der Waals surface area (Å²) in [5, 5.41) is 12.9. The molecule has 2 nitrogen and oxygen atoms in total. The molecule has 0 aliphatic heterocycles. The Morgan fingerprint density at radius 1 is 1.35 bits per heavy atom. The maximum atomic E-state index is 9.07. The maximum Gasteiger partial charge on any atom is 0.0972 e. The number of nitrogens with zero attached hydrogens (tertiary/aromatic N) is 1. The van der Waals surface area contributed by atoms with Gasteiger partial charge in [0.2, 0.25) is 0 Å². The van der Waals surface area contributed by atoms with Crippen LogP contribution in [0.15, 0.2) is 29.6 Å². The average molecular weight is 268 g/mol. The molecule has 4 heteroatoms. The first kappa shape index (κ1) is 12.6. The molecule has 0 bridgehead atoms. The fourth-order valence-corrected chi connectivity index (χ4v) is 2.58. The second kappa shape index (κ2) is 5.63. The summed E-state index contributed by atoms with van der Waals surface area (Å²) in [6, 6.07) is 7.81. The molecule has 17 heavy (non-hydrogen) atoms. The molecule has 1 unspecified atom stereocenters. The Morgan fingerprint density at radius 2 is 2.06 bits per heavy atom. The third-order valence-electron chi connectivity index (χ3n) is 2.62. The first-order valence-electron chi connectivity index (χ1n) is 5.48. The molecular formula is C13H14ClNOS. The van der Waals surface area contributed by atoms with Crippen molar-refractivity contribution in [2.75, 3.05) is 6.61 Å². The molecule has 1 N–H and O–H groups in total. The Bertz CT molecular complexity index is 480. The summed E-state index contributed by atoms with van der Waals surface area (Å²) < 4.78 is 0. The zero-order valence-electron chi connectivity index (χ0n) is 9.56. The van der Waals surface area contributed by atoms with E-state index < -0.39 is 0 Å². The molecule has 0 saturated heterocycles. The van der Waals surface area contributed by atoms with Gasteiger partial charge in [0.15, 0.2) is 0 Å². The summed E-state index contributed by atoms with van der Waals surface area (Å²) in [6.45, 7) is 2.12. The highest BCUT2D eigenvalue weighted by atomic mass is 35.5. The number of hydrogen-bond donors (Lipinski definition) is 1. The molecule has 0 saturated carbocycles. The summed E-state index contributed by atoms with van der Waals surface area (Å²) in [4.78, 5) is 4.52. The largest absolute Gasteiger partial charge is 0.396 e. The van der Waals surface area contributed by atoms with Crippen LogP contribution in [0.4, 0.5) is 0 Å². The minimum Gasteiger partial charge on any atom is -0.396 e. The lowest BCUT2D eigenvalue weighted by Crippen LogP contribution is -1.99. The summed E-state index contributed by atoms with van der Waals surface area (Å²) in [6.07, 6.45) is 0.819. The number of halogens is 1. The zero-order valence-corrected chi connectivity index (χ0v) is 11.1. The number of benzene rings is 1. The fraction of sp³-hybridized carbons (Fsp3) is 0.308. The third-order valence-corrected chi connectivity index (χ3v) is 3.74. The summed E-state index contributed by atoms with van der Waals surface area (Å²) >= 11 is 7.48. The lowest BCUT2D eigenvalue weighted by Gasteiger charge is -2.02. The standard InChI is InChI=1S/C13H14ClNOS/c1-9(7-16)12-8-17-13(15-12)6-10-2-4-11(14)5-3-10/h2-5,8-9,16H,6-7H2,1H3. The summed E-state index contributed by atoms with van der Waals surface area (Å²) in [5.41, 5.74) is 2.17. The van der Waals surface area contributed by atoms with Gasteiger partial charge in [-0.15, -0.1) is 11.3 Å². The smallest absolute Gasteiger partial charge is 0.0972 e. The molecule has 0 spiro atoms. The highest BCUT2D eigenvalue weighted by Gasteiger charge is 2.09. The van der Waals surface area contributed by atoms with Gasteiger partial charge in [0.25, 0.3) is 0 Å². The highest BCUT2D eigenvalue weighted by Crippen LogP contribution is 2.21. The quantitative estimate of drug-likeness (QED) is 0.920. The number of aliphatic hydroxyl groups excluding tert-OH is 1. The van der Waals surface area contributed by atoms with Crippen LogP contribution in [0.25, 0.3) is 0 Å². The van der Waals surface area contributed by atoms with Gasteiger partial charge < -0.3 is 5.11 Å². The summed E-state index contributed by atoms with van der Waals surface area (Å²) in [7, 11) is 0. The molecule has 1 atom stereocenters. The van der Waals surface area contributed by atoms with Crippen LogP contribution >= 0.6 is 22.9 Å². The van der Waals surface area contributed by atoms with Crippen molar-refractivity contribution in [2.24, 2.45) is 0 Å². The van der Waals surface area contributed by atoms with Crippen LogP contribution in [-0.4, -0.2) is 16.7 Å². The predicted octanol–water partition coefficient (Wildman–Crippen LogP) is 3.48. The Kier molecular flexibility index (Phi) is 4.15. The van der Waals surface area contributed by atoms with E-state index >= 15 is 0 Å².